The van der Waals surface area contributed by atoms with Gasteiger partial charge in [-0.1, -0.05) is 18.2 Å². The number of benzene rings is 1. The Labute approximate surface area is 118 Å². The molecule has 3 N–H and O–H groups in total. The fourth-order valence-electron chi connectivity index (χ4n) is 2.03. The van der Waals surface area contributed by atoms with Crippen LogP contribution in [0, 0.1) is 0 Å². The van der Waals surface area contributed by atoms with Gasteiger partial charge in [0, 0.05) is 26.1 Å². The van der Waals surface area contributed by atoms with E-state index in [1.54, 1.807) is 19.0 Å². The summed E-state index contributed by atoms with van der Waals surface area (Å²) < 4.78 is 5.56. The van der Waals surface area contributed by atoms with Gasteiger partial charge in [0.05, 0.1) is 12.6 Å². The fraction of sp³-hybridized carbons (Fsp3) is 0.429. The Kier molecular flexibility index (Phi) is 4.45. The molecule has 0 bridgehead atoms. The average molecular weight is 276 g/mol. The highest BCUT2D eigenvalue weighted by atomic mass is 16.5. The summed E-state index contributed by atoms with van der Waals surface area (Å²) >= 11 is 0. The van der Waals surface area contributed by atoms with Gasteiger partial charge in [0.15, 0.2) is 5.96 Å². The Morgan fingerprint density at radius 3 is 3.00 bits per heavy atom. The second-order valence-electron chi connectivity index (χ2n) is 4.86. The molecule has 1 aliphatic heterocycles. The summed E-state index contributed by atoms with van der Waals surface area (Å²) in [4.78, 5) is 17.6. The Bertz CT molecular complexity index is 514. The number of nitrogens with two attached hydrogens (primary N) is 1. The van der Waals surface area contributed by atoms with Gasteiger partial charge in [-0.25, -0.2) is 4.99 Å². The van der Waals surface area contributed by atoms with Crippen molar-refractivity contribution in [1.29, 1.82) is 0 Å². The van der Waals surface area contributed by atoms with E-state index < -0.39 is 0 Å². The normalized spacial score (nSPS) is 17.9. The van der Waals surface area contributed by atoms with Crippen LogP contribution in [-0.4, -0.2) is 44.0 Å². The van der Waals surface area contributed by atoms with E-state index in [2.05, 4.69) is 10.3 Å². The molecule has 0 aliphatic carbocycles. The van der Waals surface area contributed by atoms with Gasteiger partial charge in [0.1, 0.15) is 12.3 Å². The van der Waals surface area contributed by atoms with Crippen LogP contribution in [0.2, 0.25) is 0 Å². The molecule has 1 amide bonds. The number of hydrogen-bond acceptors (Lipinski definition) is 3. The summed E-state index contributed by atoms with van der Waals surface area (Å²) in [5, 5.41) is 2.97. The Balaban J connectivity index is 1.98. The van der Waals surface area contributed by atoms with E-state index in [-0.39, 0.29) is 18.5 Å². The topological polar surface area (TPSA) is 80.0 Å². The standard InChI is InChI=1S/C14H20N4O2/c1-18(2)14(15)16-9-13(19)17-11-7-8-20-12-6-4-3-5-10(11)12/h3-6,11H,7-9H2,1-2H3,(H2,15,16)(H,17,19). The molecular weight excluding hydrogens is 256 g/mol. The second kappa shape index (κ2) is 6.27. The minimum atomic E-state index is -0.142. The number of aliphatic imine (C=N–C) groups is 1. The zero-order valence-corrected chi connectivity index (χ0v) is 11.8. The third-order valence-corrected chi connectivity index (χ3v) is 3.14. The van der Waals surface area contributed by atoms with Crippen LogP contribution in [0.25, 0.3) is 0 Å². The maximum absolute atomic E-state index is 11.9. The quantitative estimate of drug-likeness (QED) is 0.622. The molecule has 0 saturated carbocycles. The van der Waals surface area contributed by atoms with Crippen molar-refractivity contribution in [3.05, 3.63) is 29.8 Å². The van der Waals surface area contributed by atoms with Crippen molar-refractivity contribution >= 4 is 11.9 Å². The van der Waals surface area contributed by atoms with Crippen LogP contribution in [0.5, 0.6) is 5.75 Å². The van der Waals surface area contributed by atoms with Crippen molar-refractivity contribution < 1.29 is 9.53 Å². The van der Waals surface area contributed by atoms with E-state index in [0.717, 1.165) is 17.7 Å². The van der Waals surface area contributed by atoms with Gasteiger partial charge in [-0.3, -0.25) is 4.79 Å². The number of guanidine groups is 1. The van der Waals surface area contributed by atoms with Gasteiger partial charge < -0.3 is 20.7 Å². The van der Waals surface area contributed by atoms with Gasteiger partial charge in [-0.15, -0.1) is 0 Å². The Morgan fingerprint density at radius 1 is 1.50 bits per heavy atom. The van der Waals surface area contributed by atoms with Crippen molar-refractivity contribution in [1.82, 2.24) is 10.2 Å². The molecule has 1 atom stereocenters. The first-order chi connectivity index (χ1) is 9.58. The number of carbonyl (C=O) groups excluding carboxylic acids is 1. The predicted octanol–water partition coefficient (Wildman–Crippen LogP) is 0.503. The number of ether oxygens (including phenoxy) is 1. The highest BCUT2D eigenvalue weighted by Gasteiger charge is 2.22. The number of rotatable bonds is 3. The van der Waals surface area contributed by atoms with Gasteiger partial charge in [-0.05, 0) is 6.07 Å². The lowest BCUT2D eigenvalue weighted by atomic mass is 10.0. The molecule has 6 heteroatoms. The summed E-state index contributed by atoms with van der Waals surface area (Å²) in [5.41, 5.74) is 6.66. The Hall–Kier alpha value is -2.24. The summed E-state index contributed by atoms with van der Waals surface area (Å²) in [5.74, 6) is 1.03. The molecule has 20 heavy (non-hydrogen) atoms. The molecule has 0 saturated heterocycles. The van der Waals surface area contributed by atoms with Crippen LogP contribution >= 0.6 is 0 Å². The zero-order chi connectivity index (χ0) is 14.5. The van der Waals surface area contributed by atoms with E-state index >= 15 is 0 Å². The minimum Gasteiger partial charge on any atom is -0.493 e. The minimum absolute atomic E-state index is 0.0248. The van der Waals surface area contributed by atoms with Crippen LogP contribution in [0.1, 0.15) is 18.0 Å². The highest BCUT2D eigenvalue weighted by Crippen LogP contribution is 2.31. The Morgan fingerprint density at radius 2 is 2.25 bits per heavy atom. The van der Waals surface area contributed by atoms with Crippen molar-refractivity contribution in [2.75, 3.05) is 27.2 Å². The fourth-order valence-corrected chi connectivity index (χ4v) is 2.03. The first kappa shape index (κ1) is 14.2. The molecule has 1 unspecified atom stereocenters. The first-order valence-electron chi connectivity index (χ1n) is 6.56. The highest BCUT2D eigenvalue weighted by molar-refractivity contribution is 5.84. The maximum atomic E-state index is 11.9. The summed E-state index contributed by atoms with van der Waals surface area (Å²) in [6, 6.07) is 7.72. The third-order valence-electron chi connectivity index (χ3n) is 3.14. The average Bonchev–Trinajstić information content (AvgIpc) is 2.45. The molecule has 0 spiro atoms. The number of fused-ring (bicyclic) bond motifs is 1. The summed E-state index contributed by atoms with van der Waals surface area (Å²) in [6.07, 6.45) is 0.760. The monoisotopic (exact) mass is 276 g/mol. The third kappa shape index (κ3) is 3.40. The molecule has 1 aromatic carbocycles. The number of para-hydroxylation sites is 1. The number of nitrogens with zero attached hydrogens (tertiary/aromatic N) is 2. The lowest BCUT2D eigenvalue weighted by Gasteiger charge is -2.26. The predicted molar refractivity (Wildman–Crippen MR) is 77.6 cm³/mol. The maximum Gasteiger partial charge on any atom is 0.242 e. The van der Waals surface area contributed by atoms with Crippen LogP contribution in [0.15, 0.2) is 29.3 Å². The molecule has 108 valence electrons. The van der Waals surface area contributed by atoms with E-state index in [0.29, 0.717) is 12.6 Å². The molecular formula is C14H20N4O2. The van der Waals surface area contributed by atoms with Crippen molar-refractivity contribution in [2.45, 2.75) is 12.5 Å². The van der Waals surface area contributed by atoms with Gasteiger partial charge in [0.25, 0.3) is 0 Å². The van der Waals surface area contributed by atoms with Crippen molar-refractivity contribution in [3.63, 3.8) is 0 Å². The first-order valence-corrected chi connectivity index (χ1v) is 6.56. The van der Waals surface area contributed by atoms with Gasteiger partial charge in [0.2, 0.25) is 5.91 Å². The largest absolute Gasteiger partial charge is 0.493 e. The van der Waals surface area contributed by atoms with Crippen LogP contribution < -0.4 is 15.8 Å². The van der Waals surface area contributed by atoms with Crippen LogP contribution in [-0.2, 0) is 4.79 Å². The number of hydrogen-bond donors (Lipinski definition) is 2. The smallest absolute Gasteiger partial charge is 0.242 e. The summed E-state index contributed by atoms with van der Waals surface area (Å²) in [7, 11) is 3.57. The zero-order valence-electron chi connectivity index (χ0n) is 11.8. The van der Waals surface area contributed by atoms with E-state index in [9.17, 15) is 4.79 Å². The van der Waals surface area contributed by atoms with E-state index in [4.69, 9.17) is 10.5 Å². The van der Waals surface area contributed by atoms with Crippen LogP contribution in [0.3, 0.4) is 0 Å². The SMILES string of the molecule is CN(C)C(N)=NCC(=O)NC1CCOc2ccccc21. The van der Waals surface area contributed by atoms with Crippen molar-refractivity contribution in [2.24, 2.45) is 10.7 Å². The lowest BCUT2D eigenvalue weighted by Crippen LogP contribution is -2.35. The second-order valence-corrected chi connectivity index (χ2v) is 4.86. The number of nitrogens with one attached hydrogen (secondary N) is 1. The lowest BCUT2D eigenvalue weighted by molar-refractivity contribution is -0.120. The molecule has 1 aromatic rings. The van der Waals surface area contributed by atoms with E-state index in [1.165, 1.54) is 0 Å². The number of amides is 1. The van der Waals surface area contributed by atoms with Gasteiger partial charge in [-0.2, -0.15) is 0 Å². The molecule has 2 rings (SSSR count). The van der Waals surface area contributed by atoms with Gasteiger partial charge >= 0.3 is 0 Å². The molecule has 6 nitrogen and oxygen atoms in total. The number of carbonyl (C=O) groups is 1. The molecule has 0 radical (unpaired) electrons. The molecule has 0 fully saturated rings. The van der Waals surface area contributed by atoms with E-state index in [1.807, 2.05) is 24.3 Å². The molecule has 1 aliphatic rings. The molecule has 1 heterocycles. The van der Waals surface area contributed by atoms with Crippen LogP contribution in [0.4, 0.5) is 0 Å². The molecule has 0 aromatic heterocycles. The van der Waals surface area contributed by atoms with Crippen molar-refractivity contribution in [3.8, 4) is 5.75 Å². The summed E-state index contributed by atoms with van der Waals surface area (Å²) in [6.45, 7) is 0.634.